The van der Waals surface area contributed by atoms with E-state index in [2.05, 4.69) is 11.4 Å². The SMILES string of the molecule is Cc1ccc(SCC(=O)Nc2ccc(OCC(=O)O)cc2C)c(C)c1. The highest BCUT2D eigenvalue weighted by Gasteiger charge is 2.08. The van der Waals surface area contributed by atoms with Gasteiger partial charge in [0.15, 0.2) is 6.61 Å². The number of ether oxygens (including phenoxy) is 1. The Morgan fingerprint density at radius 3 is 2.48 bits per heavy atom. The monoisotopic (exact) mass is 359 g/mol. The van der Waals surface area contributed by atoms with Crippen LogP contribution in [0.15, 0.2) is 41.3 Å². The number of carbonyl (C=O) groups is 2. The number of amides is 1. The molecule has 0 heterocycles. The molecule has 132 valence electrons. The molecule has 1 amide bonds. The minimum absolute atomic E-state index is 0.0905. The molecule has 0 saturated heterocycles. The first kappa shape index (κ1) is 18.9. The van der Waals surface area contributed by atoms with Gasteiger partial charge in [-0.2, -0.15) is 0 Å². The quantitative estimate of drug-likeness (QED) is 0.735. The number of nitrogens with one attached hydrogen (secondary N) is 1. The van der Waals surface area contributed by atoms with Crippen LogP contribution in [0.3, 0.4) is 0 Å². The molecule has 0 spiro atoms. The fourth-order valence-electron chi connectivity index (χ4n) is 2.30. The van der Waals surface area contributed by atoms with Crippen molar-refractivity contribution >= 4 is 29.3 Å². The van der Waals surface area contributed by atoms with Crippen LogP contribution in [-0.2, 0) is 9.59 Å². The molecule has 0 atom stereocenters. The van der Waals surface area contributed by atoms with E-state index in [1.807, 2.05) is 32.9 Å². The fourth-order valence-corrected chi connectivity index (χ4v) is 3.11. The van der Waals surface area contributed by atoms with Crippen molar-refractivity contribution in [1.82, 2.24) is 0 Å². The molecule has 0 aliphatic rings. The molecule has 6 heteroatoms. The lowest BCUT2D eigenvalue weighted by Crippen LogP contribution is -2.15. The number of carboxylic acids is 1. The van der Waals surface area contributed by atoms with E-state index in [-0.39, 0.29) is 5.91 Å². The van der Waals surface area contributed by atoms with Crippen molar-refractivity contribution in [3.8, 4) is 5.75 Å². The predicted molar refractivity (Wildman–Crippen MR) is 99.6 cm³/mol. The van der Waals surface area contributed by atoms with Crippen LogP contribution in [-0.4, -0.2) is 29.3 Å². The molecule has 2 rings (SSSR count). The van der Waals surface area contributed by atoms with Gasteiger partial charge < -0.3 is 15.2 Å². The summed E-state index contributed by atoms with van der Waals surface area (Å²) in [5.74, 6) is -0.339. The Balaban J connectivity index is 1.92. The van der Waals surface area contributed by atoms with E-state index in [4.69, 9.17) is 9.84 Å². The summed E-state index contributed by atoms with van der Waals surface area (Å²) in [5.41, 5.74) is 3.86. The van der Waals surface area contributed by atoms with Gasteiger partial charge in [0, 0.05) is 10.6 Å². The Labute approximate surface area is 151 Å². The molecule has 0 aliphatic heterocycles. The van der Waals surface area contributed by atoms with Crippen LogP contribution in [0.2, 0.25) is 0 Å². The Hall–Kier alpha value is -2.47. The van der Waals surface area contributed by atoms with E-state index in [0.717, 1.165) is 16.0 Å². The maximum absolute atomic E-state index is 12.2. The van der Waals surface area contributed by atoms with Crippen molar-refractivity contribution < 1.29 is 19.4 Å². The highest BCUT2D eigenvalue weighted by Crippen LogP contribution is 2.25. The van der Waals surface area contributed by atoms with Gasteiger partial charge in [-0.05, 0) is 56.2 Å². The first-order valence-corrected chi connectivity index (χ1v) is 8.79. The van der Waals surface area contributed by atoms with Gasteiger partial charge in [-0.15, -0.1) is 11.8 Å². The summed E-state index contributed by atoms with van der Waals surface area (Å²) in [6, 6.07) is 11.2. The van der Waals surface area contributed by atoms with Crippen molar-refractivity contribution in [2.75, 3.05) is 17.7 Å². The Morgan fingerprint density at radius 1 is 1.08 bits per heavy atom. The molecule has 0 bridgehead atoms. The van der Waals surface area contributed by atoms with Gasteiger partial charge in [0.05, 0.1) is 5.75 Å². The maximum Gasteiger partial charge on any atom is 0.341 e. The molecule has 0 saturated carbocycles. The summed E-state index contributed by atoms with van der Waals surface area (Å²) in [4.78, 5) is 23.8. The zero-order valence-corrected chi connectivity index (χ0v) is 15.3. The van der Waals surface area contributed by atoms with E-state index in [0.29, 0.717) is 17.2 Å². The molecule has 0 unspecified atom stereocenters. The van der Waals surface area contributed by atoms with E-state index in [1.54, 1.807) is 18.2 Å². The van der Waals surface area contributed by atoms with Crippen LogP contribution in [0.25, 0.3) is 0 Å². The Bertz CT molecular complexity index is 789. The maximum atomic E-state index is 12.2. The number of benzene rings is 2. The van der Waals surface area contributed by atoms with Gasteiger partial charge in [0.25, 0.3) is 0 Å². The summed E-state index contributed by atoms with van der Waals surface area (Å²) >= 11 is 1.50. The topological polar surface area (TPSA) is 75.6 Å². The fraction of sp³-hybridized carbons (Fsp3) is 0.263. The molecule has 0 fully saturated rings. The van der Waals surface area contributed by atoms with Crippen LogP contribution in [0.1, 0.15) is 16.7 Å². The lowest BCUT2D eigenvalue weighted by atomic mass is 10.2. The van der Waals surface area contributed by atoms with E-state index in [9.17, 15) is 9.59 Å². The first-order chi connectivity index (χ1) is 11.8. The zero-order valence-electron chi connectivity index (χ0n) is 14.5. The third-order valence-corrected chi connectivity index (χ3v) is 4.70. The highest BCUT2D eigenvalue weighted by molar-refractivity contribution is 8.00. The lowest BCUT2D eigenvalue weighted by molar-refractivity contribution is -0.139. The summed E-state index contributed by atoms with van der Waals surface area (Å²) in [7, 11) is 0. The number of hydrogen-bond donors (Lipinski definition) is 2. The molecule has 2 aromatic rings. The lowest BCUT2D eigenvalue weighted by Gasteiger charge is -2.11. The third kappa shape index (κ3) is 5.83. The summed E-state index contributed by atoms with van der Waals surface area (Å²) in [5, 5.41) is 11.5. The number of hydrogen-bond acceptors (Lipinski definition) is 4. The number of thioether (sulfide) groups is 1. The molecule has 2 N–H and O–H groups in total. The van der Waals surface area contributed by atoms with Crippen LogP contribution < -0.4 is 10.1 Å². The molecule has 25 heavy (non-hydrogen) atoms. The molecule has 5 nitrogen and oxygen atoms in total. The van der Waals surface area contributed by atoms with E-state index < -0.39 is 12.6 Å². The number of aryl methyl sites for hydroxylation is 3. The number of carbonyl (C=O) groups excluding carboxylic acids is 1. The van der Waals surface area contributed by atoms with E-state index in [1.165, 1.54) is 17.3 Å². The van der Waals surface area contributed by atoms with Crippen molar-refractivity contribution in [1.29, 1.82) is 0 Å². The van der Waals surface area contributed by atoms with Gasteiger partial charge in [0.1, 0.15) is 5.75 Å². The summed E-state index contributed by atoms with van der Waals surface area (Å²) < 4.78 is 5.12. The molecule has 0 aromatic heterocycles. The molecular formula is C19H21NO4S. The number of aliphatic carboxylic acids is 1. The van der Waals surface area contributed by atoms with Crippen molar-refractivity contribution in [3.63, 3.8) is 0 Å². The third-order valence-electron chi connectivity index (χ3n) is 3.52. The van der Waals surface area contributed by atoms with Crippen LogP contribution in [0.4, 0.5) is 5.69 Å². The van der Waals surface area contributed by atoms with Crippen molar-refractivity contribution in [2.45, 2.75) is 25.7 Å². The van der Waals surface area contributed by atoms with Gasteiger partial charge >= 0.3 is 5.97 Å². The van der Waals surface area contributed by atoms with Crippen LogP contribution >= 0.6 is 11.8 Å². The van der Waals surface area contributed by atoms with E-state index >= 15 is 0 Å². The molecule has 2 aromatic carbocycles. The minimum Gasteiger partial charge on any atom is -0.482 e. The molecule has 0 radical (unpaired) electrons. The number of anilines is 1. The first-order valence-electron chi connectivity index (χ1n) is 7.80. The normalized spacial score (nSPS) is 10.4. The van der Waals surface area contributed by atoms with Crippen LogP contribution in [0.5, 0.6) is 5.75 Å². The van der Waals surface area contributed by atoms with Gasteiger partial charge in [-0.3, -0.25) is 4.79 Å². The zero-order chi connectivity index (χ0) is 18.4. The van der Waals surface area contributed by atoms with Gasteiger partial charge in [0.2, 0.25) is 5.91 Å². The Kier molecular flexibility index (Phi) is 6.47. The highest BCUT2D eigenvalue weighted by atomic mass is 32.2. The average Bonchev–Trinajstić information content (AvgIpc) is 2.54. The second-order valence-electron chi connectivity index (χ2n) is 5.76. The number of carboxylic acid groups (broad SMARTS) is 1. The summed E-state index contributed by atoms with van der Waals surface area (Å²) in [6.07, 6.45) is 0. The number of rotatable bonds is 7. The average molecular weight is 359 g/mol. The largest absolute Gasteiger partial charge is 0.482 e. The van der Waals surface area contributed by atoms with Crippen molar-refractivity contribution in [2.24, 2.45) is 0 Å². The van der Waals surface area contributed by atoms with Crippen LogP contribution in [0, 0.1) is 20.8 Å². The minimum atomic E-state index is -1.03. The molecular weight excluding hydrogens is 338 g/mol. The van der Waals surface area contributed by atoms with Gasteiger partial charge in [-0.1, -0.05) is 17.7 Å². The smallest absolute Gasteiger partial charge is 0.341 e. The molecule has 0 aliphatic carbocycles. The predicted octanol–water partition coefficient (Wildman–Crippen LogP) is 3.81. The van der Waals surface area contributed by atoms with Crippen molar-refractivity contribution in [3.05, 3.63) is 53.1 Å². The summed E-state index contributed by atoms with van der Waals surface area (Å²) in [6.45, 7) is 5.52. The second-order valence-corrected chi connectivity index (χ2v) is 6.78. The van der Waals surface area contributed by atoms with Gasteiger partial charge in [-0.25, -0.2) is 4.79 Å². The standard InChI is InChI=1S/C19H21NO4S/c1-12-4-7-17(14(3)8-12)25-11-18(21)20-16-6-5-15(9-13(16)2)24-10-19(22)23/h4-9H,10-11H2,1-3H3,(H,20,21)(H,22,23). The second kappa shape index (κ2) is 8.58. The Morgan fingerprint density at radius 2 is 1.84 bits per heavy atom.